The fraction of sp³-hybridized carbons (Fsp3) is 0.409. The number of nitrogens with zero attached hydrogens (tertiary/aromatic N) is 3. The van der Waals surface area contributed by atoms with E-state index in [2.05, 4.69) is 10.1 Å². The minimum absolute atomic E-state index is 0.0428. The molecule has 3 aliphatic rings. The third-order valence-electron chi connectivity index (χ3n) is 6.56. The summed E-state index contributed by atoms with van der Waals surface area (Å²) < 4.78 is 5.33. The molecule has 0 spiro atoms. The van der Waals surface area contributed by atoms with Gasteiger partial charge in [0.05, 0.1) is 28.9 Å². The molecule has 1 aliphatic carbocycles. The molecular formula is C22H22N4O3. The lowest BCUT2D eigenvalue weighted by Gasteiger charge is -2.40. The Balaban J connectivity index is 1.23. The largest absolute Gasteiger partial charge is 0.361 e. The minimum atomic E-state index is -0.111. The number of hydrogen-bond acceptors (Lipinski definition) is 4. The summed E-state index contributed by atoms with van der Waals surface area (Å²) in [5.41, 5.74) is 2.47. The molecule has 3 aromatic rings. The monoisotopic (exact) mass is 390 g/mol. The van der Waals surface area contributed by atoms with E-state index in [1.807, 2.05) is 40.3 Å². The summed E-state index contributed by atoms with van der Waals surface area (Å²) in [6, 6.07) is 9.66. The predicted molar refractivity (Wildman–Crippen MR) is 106 cm³/mol. The quantitative estimate of drug-likeness (QED) is 0.745. The van der Waals surface area contributed by atoms with Crippen LogP contribution in [0, 0.1) is 0 Å². The molecule has 3 fully saturated rings. The lowest BCUT2D eigenvalue weighted by Crippen LogP contribution is -2.57. The van der Waals surface area contributed by atoms with Crippen LogP contribution in [0.2, 0.25) is 0 Å². The van der Waals surface area contributed by atoms with E-state index in [0.29, 0.717) is 30.3 Å². The third kappa shape index (κ3) is 2.68. The van der Waals surface area contributed by atoms with Gasteiger partial charge in [0.1, 0.15) is 0 Å². The van der Waals surface area contributed by atoms with Crippen molar-refractivity contribution in [3.8, 4) is 0 Å². The van der Waals surface area contributed by atoms with Gasteiger partial charge in [0.2, 0.25) is 5.76 Å². The number of carbonyl (C=O) groups excluding carboxylic acids is 2. The number of fused-ring (bicyclic) bond motifs is 3. The number of likely N-dealkylation sites (tertiary alicyclic amines) is 1. The van der Waals surface area contributed by atoms with Crippen LogP contribution < -0.4 is 0 Å². The predicted octanol–water partition coefficient (Wildman–Crippen LogP) is 3.16. The average Bonchev–Trinajstić information content (AvgIpc) is 3.17. The van der Waals surface area contributed by atoms with Gasteiger partial charge in [0.15, 0.2) is 0 Å². The normalized spacial score (nSPS) is 23.7. The molecule has 2 bridgehead atoms. The van der Waals surface area contributed by atoms with Gasteiger partial charge in [0.25, 0.3) is 11.8 Å². The molecule has 1 N–H and O–H groups in total. The summed E-state index contributed by atoms with van der Waals surface area (Å²) in [5.74, 6) is 0.720. The van der Waals surface area contributed by atoms with E-state index < -0.39 is 0 Å². The maximum absolute atomic E-state index is 13.4. The molecule has 6 rings (SSSR count). The van der Waals surface area contributed by atoms with E-state index >= 15 is 0 Å². The number of rotatable bonds is 3. The fourth-order valence-electron chi connectivity index (χ4n) is 4.92. The van der Waals surface area contributed by atoms with Crippen molar-refractivity contribution in [1.29, 1.82) is 0 Å². The van der Waals surface area contributed by atoms with Crippen LogP contribution in [0.15, 0.2) is 41.1 Å². The molecule has 2 aromatic heterocycles. The van der Waals surface area contributed by atoms with E-state index in [1.165, 1.54) is 0 Å². The Labute approximate surface area is 167 Å². The smallest absolute Gasteiger partial charge is 0.292 e. The first-order valence-electron chi connectivity index (χ1n) is 10.3. The second kappa shape index (κ2) is 6.20. The van der Waals surface area contributed by atoms with Crippen molar-refractivity contribution >= 4 is 22.7 Å². The molecule has 7 nitrogen and oxygen atoms in total. The number of aromatic amines is 1. The van der Waals surface area contributed by atoms with Crippen LogP contribution >= 0.6 is 0 Å². The summed E-state index contributed by atoms with van der Waals surface area (Å²) in [6.07, 6.45) is 5.95. The van der Waals surface area contributed by atoms with Gasteiger partial charge < -0.3 is 19.3 Å². The molecule has 7 heteroatoms. The number of nitrogens with one attached hydrogen (secondary N) is 1. The Morgan fingerprint density at radius 2 is 1.83 bits per heavy atom. The Morgan fingerprint density at radius 1 is 1.03 bits per heavy atom. The zero-order valence-electron chi connectivity index (χ0n) is 16.0. The van der Waals surface area contributed by atoms with Crippen LogP contribution in [0.1, 0.15) is 58.2 Å². The molecule has 2 unspecified atom stereocenters. The molecule has 2 saturated heterocycles. The number of para-hydroxylation sites is 1. The van der Waals surface area contributed by atoms with Gasteiger partial charge in [-0.3, -0.25) is 9.59 Å². The molecule has 2 amide bonds. The van der Waals surface area contributed by atoms with Gasteiger partial charge in [0, 0.05) is 36.7 Å². The Hall–Kier alpha value is -3.09. The van der Waals surface area contributed by atoms with E-state index in [1.54, 1.807) is 6.07 Å². The van der Waals surface area contributed by atoms with Gasteiger partial charge in [-0.1, -0.05) is 17.3 Å². The van der Waals surface area contributed by atoms with E-state index in [-0.39, 0.29) is 23.9 Å². The highest BCUT2D eigenvalue weighted by Crippen LogP contribution is 2.40. The molecule has 2 atom stereocenters. The average molecular weight is 390 g/mol. The Bertz CT molecular complexity index is 1100. The molecule has 0 radical (unpaired) electrons. The second-order valence-electron chi connectivity index (χ2n) is 8.45. The highest BCUT2D eigenvalue weighted by atomic mass is 16.5. The first kappa shape index (κ1) is 16.8. The Morgan fingerprint density at radius 3 is 2.59 bits per heavy atom. The van der Waals surface area contributed by atoms with Crippen molar-refractivity contribution < 1.29 is 14.1 Å². The number of aromatic nitrogens is 2. The van der Waals surface area contributed by atoms with Crippen LogP contribution in [0.25, 0.3) is 10.9 Å². The first-order chi connectivity index (χ1) is 14.2. The summed E-state index contributed by atoms with van der Waals surface area (Å²) in [7, 11) is 0. The van der Waals surface area contributed by atoms with Crippen LogP contribution in [0.4, 0.5) is 0 Å². The zero-order chi connectivity index (χ0) is 19.5. The molecule has 1 aromatic carbocycles. The van der Waals surface area contributed by atoms with Crippen molar-refractivity contribution in [3.63, 3.8) is 0 Å². The summed E-state index contributed by atoms with van der Waals surface area (Å²) in [5, 5.41) is 5.10. The molecule has 29 heavy (non-hydrogen) atoms. The molecular weight excluding hydrogens is 368 g/mol. The van der Waals surface area contributed by atoms with Crippen molar-refractivity contribution in [2.75, 3.05) is 13.1 Å². The number of amides is 2. The summed E-state index contributed by atoms with van der Waals surface area (Å²) in [4.78, 5) is 33.3. The van der Waals surface area contributed by atoms with Crippen molar-refractivity contribution in [1.82, 2.24) is 19.9 Å². The van der Waals surface area contributed by atoms with Gasteiger partial charge >= 0.3 is 0 Å². The van der Waals surface area contributed by atoms with Crippen LogP contribution in [-0.2, 0) is 0 Å². The van der Waals surface area contributed by atoms with Crippen molar-refractivity contribution in [3.05, 3.63) is 53.5 Å². The van der Waals surface area contributed by atoms with Gasteiger partial charge in [-0.05, 0) is 37.8 Å². The minimum Gasteiger partial charge on any atom is -0.361 e. The maximum atomic E-state index is 13.4. The van der Waals surface area contributed by atoms with Gasteiger partial charge in [-0.25, -0.2) is 0 Å². The van der Waals surface area contributed by atoms with Crippen LogP contribution in [-0.4, -0.2) is 56.9 Å². The standard InChI is InChI=1S/C22H22N4O3/c27-21(17-3-1-2-14-8-9-23-20(14)17)26-15-6-7-16(26)12-25(11-15)22(28)19-10-18(24-29-19)13-4-5-13/h1-3,8-10,13,15-16,23H,4-7,11-12H2. The first-order valence-corrected chi connectivity index (χ1v) is 10.3. The third-order valence-corrected chi connectivity index (χ3v) is 6.56. The SMILES string of the molecule is O=C(c1cc(C2CC2)no1)N1CC2CCC(C1)N2C(=O)c1cccc2cc[nH]c12. The highest BCUT2D eigenvalue weighted by molar-refractivity contribution is 6.06. The fourth-order valence-corrected chi connectivity index (χ4v) is 4.92. The number of benzene rings is 1. The molecule has 148 valence electrons. The van der Waals surface area contributed by atoms with Crippen LogP contribution in [0.5, 0.6) is 0 Å². The van der Waals surface area contributed by atoms with E-state index in [0.717, 1.165) is 42.3 Å². The highest BCUT2D eigenvalue weighted by Gasteiger charge is 2.45. The van der Waals surface area contributed by atoms with Gasteiger partial charge in [-0.15, -0.1) is 0 Å². The van der Waals surface area contributed by atoms with E-state index in [9.17, 15) is 9.59 Å². The number of carbonyl (C=O) groups is 2. The molecule has 1 saturated carbocycles. The number of hydrogen-bond donors (Lipinski definition) is 1. The maximum Gasteiger partial charge on any atom is 0.292 e. The topological polar surface area (TPSA) is 82.4 Å². The molecule has 2 aliphatic heterocycles. The number of piperazine rings is 1. The number of H-pyrrole nitrogens is 1. The lowest BCUT2D eigenvalue weighted by molar-refractivity contribution is 0.0342. The second-order valence-corrected chi connectivity index (χ2v) is 8.45. The van der Waals surface area contributed by atoms with Gasteiger partial charge in [-0.2, -0.15) is 0 Å². The summed E-state index contributed by atoms with van der Waals surface area (Å²) >= 11 is 0. The van der Waals surface area contributed by atoms with Crippen molar-refractivity contribution in [2.24, 2.45) is 0 Å². The molecule has 4 heterocycles. The lowest BCUT2D eigenvalue weighted by atomic mass is 10.1. The van der Waals surface area contributed by atoms with E-state index in [4.69, 9.17) is 4.52 Å². The summed E-state index contributed by atoms with van der Waals surface area (Å²) in [6.45, 7) is 1.09. The zero-order valence-corrected chi connectivity index (χ0v) is 16.0. The van der Waals surface area contributed by atoms with Crippen LogP contribution in [0.3, 0.4) is 0 Å². The Kier molecular flexibility index (Phi) is 3.60. The van der Waals surface area contributed by atoms with Crippen molar-refractivity contribution in [2.45, 2.75) is 43.7 Å².